The highest BCUT2D eigenvalue weighted by atomic mass is 14.4. The summed E-state index contributed by atoms with van der Waals surface area (Å²) in [4.78, 5) is 0. The summed E-state index contributed by atoms with van der Waals surface area (Å²) in [5, 5.41) is 0. The average Bonchev–Trinajstić information content (AvgIpc) is 2.11. The normalized spacial score (nSPS) is 17.2. The fourth-order valence-electron chi connectivity index (χ4n) is 2.83. The first-order valence-corrected chi connectivity index (χ1v) is 6.73. The van der Waals surface area contributed by atoms with Gasteiger partial charge in [-0.25, -0.2) is 0 Å². The van der Waals surface area contributed by atoms with Gasteiger partial charge in [0.25, 0.3) is 0 Å². The van der Waals surface area contributed by atoms with Crippen molar-refractivity contribution in [2.24, 2.45) is 29.1 Å². The third-order valence-corrected chi connectivity index (χ3v) is 4.37. The SMILES string of the molecule is CCC(C)C(C)(C)C(CC(C)C)C(C)C. The van der Waals surface area contributed by atoms with Gasteiger partial charge in [0.15, 0.2) is 0 Å². The molecular formula is C15H32. The fraction of sp³-hybridized carbons (Fsp3) is 1.00. The van der Waals surface area contributed by atoms with Gasteiger partial charge in [0, 0.05) is 0 Å². The first kappa shape index (κ1) is 15.0. The van der Waals surface area contributed by atoms with Gasteiger partial charge >= 0.3 is 0 Å². The van der Waals surface area contributed by atoms with Crippen molar-refractivity contribution in [1.29, 1.82) is 0 Å². The lowest BCUT2D eigenvalue weighted by Gasteiger charge is -2.42. The molecule has 0 rings (SSSR count). The molecular weight excluding hydrogens is 180 g/mol. The van der Waals surface area contributed by atoms with Crippen molar-refractivity contribution in [3.63, 3.8) is 0 Å². The molecule has 0 heterocycles. The van der Waals surface area contributed by atoms with Gasteiger partial charge < -0.3 is 0 Å². The summed E-state index contributed by atoms with van der Waals surface area (Å²) in [6.07, 6.45) is 2.67. The monoisotopic (exact) mass is 212 g/mol. The summed E-state index contributed by atoms with van der Waals surface area (Å²) in [5.74, 6) is 3.30. The average molecular weight is 212 g/mol. The lowest BCUT2D eigenvalue weighted by atomic mass is 9.63. The third-order valence-electron chi connectivity index (χ3n) is 4.37. The molecule has 0 aromatic heterocycles. The Morgan fingerprint density at radius 1 is 0.933 bits per heavy atom. The molecule has 92 valence electrons. The quantitative estimate of drug-likeness (QED) is 0.554. The molecule has 0 aromatic rings. The molecule has 0 aliphatic heterocycles. The Kier molecular flexibility index (Phi) is 5.92. The summed E-state index contributed by atoms with van der Waals surface area (Å²) in [6.45, 7) is 19.1. The zero-order chi connectivity index (χ0) is 12.2. The van der Waals surface area contributed by atoms with Crippen LogP contribution in [0.25, 0.3) is 0 Å². The van der Waals surface area contributed by atoms with E-state index in [-0.39, 0.29) is 0 Å². The smallest absolute Gasteiger partial charge is 0.0298 e. The van der Waals surface area contributed by atoms with Gasteiger partial charge in [0.1, 0.15) is 0 Å². The molecule has 0 saturated carbocycles. The molecule has 0 spiro atoms. The van der Waals surface area contributed by atoms with E-state index in [4.69, 9.17) is 0 Å². The van der Waals surface area contributed by atoms with E-state index in [0.29, 0.717) is 5.41 Å². The standard InChI is InChI=1S/C15H32/c1-9-13(6)15(7,8)14(12(4)5)10-11(2)3/h11-14H,9-10H2,1-8H3. The molecule has 0 bridgehead atoms. The van der Waals surface area contributed by atoms with E-state index in [1.807, 2.05) is 0 Å². The molecule has 0 radical (unpaired) electrons. The van der Waals surface area contributed by atoms with Crippen molar-refractivity contribution < 1.29 is 0 Å². The third kappa shape index (κ3) is 4.17. The summed E-state index contributed by atoms with van der Waals surface area (Å²) in [7, 11) is 0. The van der Waals surface area contributed by atoms with Crippen LogP contribution in [0.3, 0.4) is 0 Å². The minimum atomic E-state index is 0.479. The van der Waals surface area contributed by atoms with Crippen LogP contribution < -0.4 is 0 Å². The first-order valence-electron chi connectivity index (χ1n) is 6.73. The van der Waals surface area contributed by atoms with Gasteiger partial charge in [0.2, 0.25) is 0 Å². The van der Waals surface area contributed by atoms with E-state index in [1.54, 1.807) is 0 Å². The minimum absolute atomic E-state index is 0.479. The predicted molar refractivity (Wildman–Crippen MR) is 71.0 cm³/mol. The summed E-state index contributed by atoms with van der Waals surface area (Å²) >= 11 is 0. The largest absolute Gasteiger partial charge is 0.0651 e. The zero-order valence-electron chi connectivity index (χ0n) is 12.2. The maximum Gasteiger partial charge on any atom is -0.0298 e. The van der Waals surface area contributed by atoms with E-state index < -0.39 is 0 Å². The van der Waals surface area contributed by atoms with Gasteiger partial charge in [-0.05, 0) is 35.5 Å². The molecule has 15 heavy (non-hydrogen) atoms. The van der Waals surface area contributed by atoms with Crippen molar-refractivity contribution in [1.82, 2.24) is 0 Å². The molecule has 0 amide bonds. The van der Waals surface area contributed by atoms with Crippen molar-refractivity contribution in [2.45, 2.75) is 68.2 Å². The lowest BCUT2D eigenvalue weighted by molar-refractivity contribution is 0.0680. The molecule has 0 heteroatoms. The zero-order valence-corrected chi connectivity index (χ0v) is 12.2. The summed E-state index contributed by atoms with van der Waals surface area (Å²) in [6, 6.07) is 0. The number of rotatable bonds is 6. The Morgan fingerprint density at radius 2 is 1.40 bits per heavy atom. The Bertz CT molecular complexity index is 165. The van der Waals surface area contributed by atoms with Crippen LogP contribution in [0.15, 0.2) is 0 Å². The van der Waals surface area contributed by atoms with Gasteiger partial charge in [-0.1, -0.05) is 61.8 Å². The molecule has 0 saturated heterocycles. The van der Waals surface area contributed by atoms with Crippen molar-refractivity contribution >= 4 is 0 Å². The van der Waals surface area contributed by atoms with E-state index in [0.717, 1.165) is 23.7 Å². The van der Waals surface area contributed by atoms with Gasteiger partial charge in [-0.15, -0.1) is 0 Å². The maximum atomic E-state index is 2.47. The Morgan fingerprint density at radius 3 is 1.67 bits per heavy atom. The van der Waals surface area contributed by atoms with E-state index in [2.05, 4.69) is 55.4 Å². The van der Waals surface area contributed by atoms with Crippen molar-refractivity contribution in [2.75, 3.05) is 0 Å². The van der Waals surface area contributed by atoms with Crippen LogP contribution in [0.1, 0.15) is 68.2 Å². The van der Waals surface area contributed by atoms with Crippen molar-refractivity contribution in [3.8, 4) is 0 Å². The highest BCUT2D eigenvalue weighted by molar-refractivity contribution is 4.84. The van der Waals surface area contributed by atoms with Gasteiger partial charge in [-0.3, -0.25) is 0 Å². The van der Waals surface area contributed by atoms with Gasteiger partial charge in [0.05, 0.1) is 0 Å². The lowest BCUT2D eigenvalue weighted by Crippen LogP contribution is -2.35. The van der Waals surface area contributed by atoms with Crippen LogP contribution in [0.2, 0.25) is 0 Å². The Labute approximate surface area is 97.8 Å². The van der Waals surface area contributed by atoms with Gasteiger partial charge in [-0.2, -0.15) is 0 Å². The van der Waals surface area contributed by atoms with E-state index in [9.17, 15) is 0 Å². The minimum Gasteiger partial charge on any atom is -0.0651 e. The van der Waals surface area contributed by atoms with Crippen LogP contribution in [-0.2, 0) is 0 Å². The maximum absolute atomic E-state index is 2.47. The number of hydrogen-bond donors (Lipinski definition) is 0. The van der Waals surface area contributed by atoms with Crippen LogP contribution in [0, 0.1) is 29.1 Å². The van der Waals surface area contributed by atoms with Crippen LogP contribution in [-0.4, -0.2) is 0 Å². The fourth-order valence-corrected chi connectivity index (χ4v) is 2.83. The predicted octanol–water partition coefficient (Wildman–Crippen LogP) is 5.38. The molecule has 0 aliphatic rings. The first-order chi connectivity index (χ1) is 6.73. The molecule has 2 atom stereocenters. The molecule has 0 aromatic carbocycles. The van der Waals surface area contributed by atoms with Crippen molar-refractivity contribution in [3.05, 3.63) is 0 Å². The topological polar surface area (TPSA) is 0 Å². The molecule has 0 nitrogen and oxygen atoms in total. The molecule has 0 N–H and O–H groups in total. The van der Waals surface area contributed by atoms with E-state index >= 15 is 0 Å². The number of hydrogen-bond acceptors (Lipinski definition) is 0. The second-order valence-electron chi connectivity index (χ2n) is 6.61. The molecule has 2 unspecified atom stereocenters. The Hall–Kier alpha value is 0. The highest BCUT2D eigenvalue weighted by Gasteiger charge is 2.35. The highest BCUT2D eigenvalue weighted by Crippen LogP contribution is 2.43. The Balaban J connectivity index is 4.73. The summed E-state index contributed by atoms with van der Waals surface area (Å²) < 4.78 is 0. The molecule has 0 fully saturated rings. The van der Waals surface area contributed by atoms with Crippen LogP contribution in [0.5, 0.6) is 0 Å². The second kappa shape index (κ2) is 5.92. The van der Waals surface area contributed by atoms with Crippen LogP contribution in [0.4, 0.5) is 0 Å². The second-order valence-corrected chi connectivity index (χ2v) is 6.61. The van der Waals surface area contributed by atoms with E-state index in [1.165, 1.54) is 12.8 Å². The molecule has 0 aliphatic carbocycles. The van der Waals surface area contributed by atoms with Crippen LogP contribution >= 0.6 is 0 Å². The summed E-state index contributed by atoms with van der Waals surface area (Å²) in [5.41, 5.74) is 0.479.